The van der Waals surface area contributed by atoms with Crippen LogP contribution in [-0.2, 0) is 14.9 Å². The zero-order valence-corrected chi connectivity index (χ0v) is 11.7. The summed E-state index contributed by atoms with van der Waals surface area (Å²) in [5, 5.41) is 9.09. The van der Waals surface area contributed by atoms with Crippen LogP contribution in [0.25, 0.3) is 0 Å². The van der Waals surface area contributed by atoms with E-state index in [9.17, 15) is 4.79 Å². The first-order chi connectivity index (χ1) is 9.57. The van der Waals surface area contributed by atoms with E-state index in [2.05, 4.69) is 0 Å². The second kappa shape index (κ2) is 6.24. The molecule has 0 aromatic heterocycles. The fourth-order valence-electron chi connectivity index (χ4n) is 2.83. The normalized spacial score (nSPS) is 19.3. The summed E-state index contributed by atoms with van der Waals surface area (Å²) >= 11 is 0. The monoisotopic (exact) mass is 279 g/mol. The number of carbonyl (C=O) groups is 1. The SMILES string of the molecule is COc1cccc(C2(CC(N)C(=O)O)CCOCC2)c1. The molecule has 1 atom stereocenters. The van der Waals surface area contributed by atoms with Crippen molar-refractivity contribution in [3.8, 4) is 5.75 Å². The lowest BCUT2D eigenvalue weighted by atomic mass is 9.70. The summed E-state index contributed by atoms with van der Waals surface area (Å²) in [6.45, 7) is 1.26. The van der Waals surface area contributed by atoms with Gasteiger partial charge in [-0.3, -0.25) is 4.79 Å². The van der Waals surface area contributed by atoms with Crippen LogP contribution in [0.1, 0.15) is 24.8 Å². The van der Waals surface area contributed by atoms with E-state index in [1.807, 2.05) is 24.3 Å². The lowest BCUT2D eigenvalue weighted by Gasteiger charge is -2.39. The van der Waals surface area contributed by atoms with E-state index in [-0.39, 0.29) is 5.41 Å². The summed E-state index contributed by atoms with van der Waals surface area (Å²) in [4.78, 5) is 11.1. The molecule has 1 aromatic carbocycles. The zero-order chi connectivity index (χ0) is 14.6. The minimum atomic E-state index is -0.959. The second-order valence-electron chi connectivity index (χ2n) is 5.27. The lowest BCUT2D eigenvalue weighted by Crippen LogP contribution is -2.42. The molecule has 1 aliphatic rings. The lowest BCUT2D eigenvalue weighted by molar-refractivity contribution is -0.139. The van der Waals surface area contributed by atoms with Gasteiger partial charge in [0.05, 0.1) is 7.11 Å². The molecule has 0 radical (unpaired) electrons. The van der Waals surface area contributed by atoms with Crippen molar-refractivity contribution >= 4 is 5.97 Å². The molecule has 0 aliphatic carbocycles. The largest absolute Gasteiger partial charge is 0.497 e. The third-order valence-electron chi connectivity index (χ3n) is 4.06. The molecule has 1 unspecified atom stereocenters. The summed E-state index contributed by atoms with van der Waals surface area (Å²) in [5.74, 6) is -0.184. The number of hydrogen-bond donors (Lipinski definition) is 2. The van der Waals surface area contributed by atoms with Gasteiger partial charge in [0.15, 0.2) is 0 Å². The van der Waals surface area contributed by atoms with Crippen LogP contribution >= 0.6 is 0 Å². The van der Waals surface area contributed by atoms with Gasteiger partial charge in [0.1, 0.15) is 11.8 Å². The molecule has 0 saturated carbocycles. The zero-order valence-electron chi connectivity index (χ0n) is 11.7. The van der Waals surface area contributed by atoms with Crippen LogP contribution in [0.2, 0.25) is 0 Å². The van der Waals surface area contributed by atoms with Gasteiger partial charge in [0.25, 0.3) is 0 Å². The summed E-state index contributed by atoms with van der Waals surface area (Å²) in [7, 11) is 1.62. The minimum Gasteiger partial charge on any atom is -0.497 e. The first-order valence-corrected chi connectivity index (χ1v) is 6.78. The van der Waals surface area contributed by atoms with Gasteiger partial charge in [-0.25, -0.2) is 0 Å². The van der Waals surface area contributed by atoms with Crippen LogP contribution in [0.15, 0.2) is 24.3 Å². The number of hydrogen-bond acceptors (Lipinski definition) is 4. The Kier molecular flexibility index (Phi) is 4.62. The van der Waals surface area contributed by atoms with Gasteiger partial charge < -0.3 is 20.3 Å². The Balaban J connectivity index is 2.32. The van der Waals surface area contributed by atoms with Crippen LogP contribution in [0.5, 0.6) is 5.75 Å². The summed E-state index contributed by atoms with van der Waals surface area (Å²) < 4.78 is 10.7. The molecule has 1 saturated heterocycles. The first kappa shape index (κ1) is 14.8. The quantitative estimate of drug-likeness (QED) is 0.854. The van der Waals surface area contributed by atoms with Crippen molar-refractivity contribution in [1.29, 1.82) is 0 Å². The number of carboxylic acids is 1. The number of benzene rings is 1. The van der Waals surface area contributed by atoms with Gasteiger partial charge >= 0.3 is 5.97 Å². The van der Waals surface area contributed by atoms with E-state index < -0.39 is 12.0 Å². The van der Waals surface area contributed by atoms with Crippen LogP contribution in [0.4, 0.5) is 0 Å². The highest BCUT2D eigenvalue weighted by molar-refractivity contribution is 5.73. The third kappa shape index (κ3) is 3.11. The highest BCUT2D eigenvalue weighted by Gasteiger charge is 2.37. The van der Waals surface area contributed by atoms with Gasteiger partial charge in [-0.05, 0) is 37.0 Å². The summed E-state index contributed by atoms with van der Waals surface area (Å²) in [6.07, 6.45) is 1.97. The first-order valence-electron chi connectivity index (χ1n) is 6.78. The Morgan fingerprint density at radius 2 is 2.20 bits per heavy atom. The molecule has 110 valence electrons. The van der Waals surface area contributed by atoms with Crippen molar-refractivity contribution in [2.75, 3.05) is 20.3 Å². The van der Waals surface area contributed by atoms with Crippen molar-refractivity contribution in [2.45, 2.75) is 30.7 Å². The van der Waals surface area contributed by atoms with Gasteiger partial charge in [0.2, 0.25) is 0 Å². The van der Waals surface area contributed by atoms with E-state index in [1.54, 1.807) is 7.11 Å². The van der Waals surface area contributed by atoms with E-state index in [0.29, 0.717) is 19.6 Å². The van der Waals surface area contributed by atoms with Gasteiger partial charge in [-0.2, -0.15) is 0 Å². The Morgan fingerprint density at radius 1 is 1.50 bits per heavy atom. The number of aliphatic carboxylic acids is 1. The number of carboxylic acid groups (broad SMARTS) is 1. The van der Waals surface area contributed by atoms with Crippen molar-refractivity contribution < 1.29 is 19.4 Å². The van der Waals surface area contributed by atoms with Crippen molar-refractivity contribution in [3.05, 3.63) is 29.8 Å². The molecule has 1 aromatic rings. The topological polar surface area (TPSA) is 81.8 Å². The molecule has 1 fully saturated rings. The van der Waals surface area contributed by atoms with Crippen LogP contribution in [0, 0.1) is 0 Å². The molecule has 1 aliphatic heterocycles. The fraction of sp³-hybridized carbons (Fsp3) is 0.533. The standard InChI is InChI=1S/C15H21NO4/c1-19-12-4-2-3-11(9-12)15(5-7-20-8-6-15)10-13(16)14(17)18/h2-4,9,13H,5-8,10,16H2,1H3,(H,17,18). The van der Waals surface area contributed by atoms with Crippen molar-refractivity contribution in [2.24, 2.45) is 5.73 Å². The molecule has 2 rings (SSSR count). The molecule has 5 nitrogen and oxygen atoms in total. The molecule has 1 heterocycles. The molecular formula is C15H21NO4. The van der Waals surface area contributed by atoms with Crippen molar-refractivity contribution in [3.63, 3.8) is 0 Å². The van der Waals surface area contributed by atoms with E-state index in [1.165, 1.54) is 0 Å². The van der Waals surface area contributed by atoms with E-state index in [0.717, 1.165) is 24.2 Å². The second-order valence-corrected chi connectivity index (χ2v) is 5.27. The Hall–Kier alpha value is -1.59. The van der Waals surface area contributed by atoms with E-state index in [4.69, 9.17) is 20.3 Å². The fourth-order valence-corrected chi connectivity index (χ4v) is 2.83. The molecule has 0 spiro atoms. The molecule has 3 N–H and O–H groups in total. The molecule has 5 heteroatoms. The van der Waals surface area contributed by atoms with Gasteiger partial charge in [0, 0.05) is 18.6 Å². The number of ether oxygens (including phenoxy) is 2. The Bertz CT molecular complexity index is 469. The highest BCUT2D eigenvalue weighted by Crippen LogP contribution is 2.39. The predicted molar refractivity (Wildman–Crippen MR) is 75.0 cm³/mol. The third-order valence-corrected chi connectivity index (χ3v) is 4.06. The van der Waals surface area contributed by atoms with Gasteiger partial charge in [-0.15, -0.1) is 0 Å². The van der Waals surface area contributed by atoms with Crippen LogP contribution in [-0.4, -0.2) is 37.4 Å². The summed E-state index contributed by atoms with van der Waals surface area (Å²) in [5.41, 5.74) is 6.60. The minimum absolute atomic E-state index is 0.245. The predicted octanol–water partition coefficient (Wildman–Crippen LogP) is 1.55. The maximum Gasteiger partial charge on any atom is 0.320 e. The van der Waals surface area contributed by atoms with Crippen LogP contribution in [0.3, 0.4) is 0 Å². The number of rotatable bonds is 5. The number of methoxy groups -OCH3 is 1. The summed E-state index contributed by atoms with van der Waals surface area (Å²) in [6, 6.07) is 6.94. The van der Waals surface area contributed by atoms with E-state index >= 15 is 0 Å². The molecular weight excluding hydrogens is 258 g/mol. The van der Waals surface area contributed by atoms with Crippen LogP contribution < -0.4 is 10.5 Å². The molecule has 20 heavy (non-hydrogen) atoms. The Labute approximate surface area is 118 Å². The highest BCUT2D eigenvalue weighted by atomic mass is 16.5. The average molecular weight is 279 g/mol. The maximum absolute atomic E-state index is 11.1. The smallest absolute Gasteiger partial charge is 0.320 e. The average Bonchev–Trinajstić information content (AvgIpc) is 2.48. The number of nitrogens with two attached hydrogens (primary N) is 1. The molecule has 0 amide bonds. The molecule has 0 bridgehead atoms. The Morgan fingerprint density at radius 3 is 2.80 bits per heavy atom. The van der Waals surface area contributed by atoms with Gasteiger partial charge in [-0.1, -0.05) is 12.1 Å². The maximum atomic E-state index is 11.1. The van der Waals surface area contributed by atoms with Crippen molar-refractivity contribution in [1.82, 2.24) is 0 Å².